The minimum Gasteiger partial charge on any atom is -0.369 e. The molecular weight excluding hydrogens is 372 g/mol. The van der Waals surface area contributed by atoms with Gasteiger partial charge in [-0.25, -0.2) is 8.78 Å². The lowest BCUT2D eigenvalue weighted by Gasteiger charge is -2.22. The molecule has 0 aromatic heterocycles. The number of nitrogens with zero attached hydrogens (tertiary/aromatic N) is 3. The molecule has 0 saturated carbocycles. The monoisotopic (exact) mass is 391 g/mol. The first-order valence-corrected chi connectivity index (χ1v) is 9.45. The molecule has 2 aliphatic rings. The molecule has 1 saturated heterocycles. The first-order chi connectivity index (χ1) is 13.1. The van der Waals surface area contributed by atoms with Gasteiger partial charge in [-0.05, 0) is 29.8 Å². The molecule has 27 heavy (non-hydrogen) atoms. The van der Waals surface area contributed by atoms with Crippen LogP contribution in [0.1, 0.15) is 18.4 Å². The van der Waals surface area contributed by atoms with Crippen molar-refractivity contribution in [3.8, 4) is 0 Å². The van der Waals surface area contributed by atoms with Crippen molar-refractivity contribution < 1.29 is 13.5 Å². The van der Waals surface area contributed by atoms with E-state index in [0.717, 1.165) is 36.5 Å². The van der Waals surface area contributed by atoms with Crippen LogP contribution < -0.4 is 9.91 Å². The van der Waals surface area contributed by atoms with Gasteiger partial charge in [0.1, 0.15) is 11.3 Å². The predicted octanol–water partition coefficient (Wildman–Crippen LogP) is 4.37. The van der Waals surface area contributed by atoms with E-state index in [2.05, 4.69) is 10.0 Å². The average Bonchev–Trinajstić information content (AvgIpc) is 3.04. The fraction of sp³-hybridized carbons (Fsp3) is 0.350. The Labute approximate surface area is 162 Å². The van der Waals surface area contributed by atoms with Gasteiger partial charge in [0.15, 0.2) is 11.6 Å². The maximum atomic E-state index is 14.0. The van der Waals surface area contributed by atoms with Gasteiger partial charge in [0.05, 0.1) is 12.3 Å². The van der Waals surface area contributed by atoms with Crippen molar-refractivity contribution in [2.24, 2.45) is 5.10 Å². The molecule has 1 unspecified atom stereocenters. The molecule has 7 heteroatoms. The lowest BCUT2D eigenvalue weighted by Crippen LogP contribution is -2.25. The van der Waals surface area contributed by atoms with E-state index in [4.69, 9.17) is 16.3 Å². The van der Waals surface area contributed by atoms with Gasteiger partial charge in [-0.3, -0.25) is 5.01 Å². The van der Waals surface area contributed by atoms with Gasteiger partial charge in [-0.1, -0.05) is 29.8 Å². The van der Waals surface area contributed by atoms with Gasteiger partial charge in [-0.15, -0.1) is 0 Å². The Morgan fingerprint density at radius 1 is 1.00 bits per heavy atom. The molecule has 142 valence electrons. The Balaban J connectivity index is 1.51. The summed E-state index contributed by atoms with van der Waals surface area (Å²) in [5.74, 6) is -1.20. The van der Waals surface area contributed by atoms with Crippen molar-refractivity contribution in [3.05, 3.63) is 59.7 Å². The van der Waals surface area contributed by atoms with Gasteiger partial charge in [-0.2, -0.15) is 5.10 Å². The van der Waals surface area contributed by atoms with Crippen LogP contribution in [0, 0.1) is 11.6 Å². The van der Waals surface area contributed by atoms with E-state index in [1.807, 2.05) is 24.3 Å². The van der Waals surface area contributed by atoms with Crippen LogP contribution in [0.4, 0.5) is 20.2 Å². The second-order valence-electron chi connectivity index (χ2n) is 6.59. The highest BCUT2D eigenvalue weighted by molar-refractivity contribution is 6.19. The zero-order chi connectivity index (χ0) is 18.8. The summed E-state index contributed by atoms with van der Waals surface area (Å²) in [5.41, 5.74) is 2.56. The summed E-state index contributed by atoms with van der Waals surface area (Å²) in [4.78, 5) is 2.24. The van der Waals surface area contributed by atoms with Gasteiger partial charge < -0.3 is 9.64 Å². The minimum atomic E-state index is -0.601. The zero-order valence-electron chi connectivity index (χ0n) is 14.7. The molecule has 2 heterocycles. The molecule has 0 N–H and O–H groups in total. The predicted molar refractivity (Wildman–Crippen MR) is 104 cm³/mol. The van der Waals surface area contributed by atoms with Crippen molar-refractivity contribution in [2.75, 3.05) is 36.1 Å². The first-order valence-electron chi connectivity index (χ1n) is 9.02. The molecule has 4 rings (SSSR count). The number of hydrogen-bond acceptors (Lipinski definition) is 4. The molecule has 1 fully saturated rings. The Bertz CT molecular complexity index is 823. The zero-order valence-corrected chi connectivity index (χ0v) is 15.5. The minimum absolute atomic E-state index is 0.0932. The number of hydrazone groups is 1. The molecule has 0 bridgehead atoms. The quantitative estimate of drug-likeness (QED) is 0.727. The highest BCUT2D eigenvalue weighted by atomic mass is 35.5. The third-order valence-electron chi connectivity index (χ3n) is 4.85. The van der Waals surface area contributed by atoms with Crippen LogP contribution >= 0.6 is 11.6 Å². The summed E-state index contributed by atoms with van der Waals surface area (Å²) >= 11 is 6.05. The van der Waals surface area contributed by atoms with E-state index in [-0.39, 0.29) is 11.3 Å². The van der Waals surface area contributed by atoms with Crippen molar-refractivity contribution in [2.45, 2.75) is 18.4 Å². The van der Waals surface area contributed by atoms with Gasteiger partial charge in [0.2, 0.25) is 0 Å². The molecule has 4 nitrogen and oxygen atoms in total. The van der Waals surface area contributed by atoms with Crippen molar-refractivity contribution in [3.63, 3.8) is 0 Å². The summed E-state index contributed by atoms with van der Waals surface area (Å²) < 4.78 is 33.4. The number of alkyl halides is 1. The number of benzene rings is 2. The lowest BCUT2D eigenvalue weighted by atomic mass is 10.1. The van der Waals surface area contributed by atoms with Crippen molar-refractivity contribution in [1.29, 1.82) is 0 Å². The highest BCUT2D eigenvalue weighted by Crippen LogP contribution is 2.28. The molecule has 2 aliphatic heterocycles. The Morgan fingerprint density at radius 2 is 1.74 bits per heavy atom. The number of ether oxygens (including phenoxy) is 1. The Morgan fingerprint density at radius 3 is 2.48 bits per heavy atom. The van der Waals surface area contributed by atoms with Crippen LogP contribution in [-0.2, 0) is 4.74 Å². The number of hydrogen-bond donors (Lipinski definition) is 0. The molecule has 2 aromatic carbocycles. The Hall–Kier alpha value is -2.18. The molecule has 0 aliphatic carbocycles. The number of halogens is 3. The normalized spacial score (nSPS) is 20.6. The van der Waals surface area contributed by atoms with E-state index in [0.29, 0.717) is 19.6 Å². The highest BCUT2D eigenvalue weighted by Gasteiger charge is 2.23. The molecule has 2 aromatic rings. The fourth-order valence-corrected chi connectivity index (χ4v) is 3.61. The molecular formula is C20H20ClF2N3O. The van der Waals surface area contributed by atoms with E-state index in [1.54, 1.807) is 0 Å². The summed E-state index contributed by atoms with van der Waals surface area (Å²) in [6, 6.07) is 11.9. The van der Waals surface area contributed by atoms with Crippen LogP contribution in [-0.4, -0.2) is 37.5 Å². The number of rotatable bonds is 3. The molecule has 0 amide bonds. The SMILES string of the molecule is Fc1cccc(F)c1N1CCC(c2ccc(N3CCOC(Cl)CC3)cc2)=N1. The van der Waals surface area contributed by atoms with Crippen LogP contribution in [0.25, 0.3) is 0 Å². The van der Waals surface area contributed by atoms with Crippen LogP contribution in [0.15, 0.2) is 47.6 Å². The fourth-order valence-electron chi connectivity index (χ4n) is 3.42. The first kappa shape index (κ1) is 18.2. The second kappa shape index (κ2) is 7.82. The third-order valence-corrected chi connectivity index (χ3v) is 5.19. The molecule has 0 radical (unpaired) electrons. The van der Waals surface area contributed by atoms with E-state index < -0.39 is 11.6 Å². The van der Waals surface area contributed by atoms with E-state index in [1.165, 1.54) is 23.2 Å². The summed E-state index contributed by atoms with van der Waals surface area (Å²) in [6.07, 6.45) is 1.41. The maximum absolute atomic E-state index is 14.0. The number of anilines is 2. The van der Waals surface area contributed by atoms with Crippen LogP contribution in [0.5, 0.6) is 0 Å². The van der Waals surface area contributed by atoms with E-state index >= 15 is 0 Å². The van der Waals surface area contributed by atoms with Crippen LogP contribution in [0.3, 0.4) is 0 Å². The second-order valence-corrected chi connectivity index (χ2v) is 7.08. The van der Waals surface area contributed by atoms with E-state index in [9.17, 15) is 8.78 Å². The van der Waals surface area contributed by atoms with Crippen molar-refractivity contribution >= 4 is 28.7 Å². The largest absolute Gasteiger partial charge is 0.369 e. The van der Waals surface area contributed by atoms with Gasteiger partial charge in [0.25, 0.3) is 0 Å². The van der Waals surface area contributed by atoms with Crippen LogP contribution in [0.2, 0.25) is 0 Å². The summed E-state index contributed by atoms with van der Waals surface area (Å²) in [5, 5.41) is 5.84. The standard InChI is InChI=1S/C20H20ClF2N3O/c21-19-9-10-25(12-13-27-19)15-6-4-14(5-7-15)18-8-11-26(24-18)20-16(22)2-1-3-17(20)23/h1-7,19H,8-13H2. The Kier molecular flexibility index (Phi) is 5.27. The lowest BCUT2D eigenvalue weighted by molar-refractivity contribution is 0.122. The maximum Gasteiger partial charge on any atom is 0.151 e. The summed E-state index contributed by atoms with van der Waals surface area (Å²) in [7, 11) is 0. The third kappa shape index (κ3) is 3.92. The molecule has 0 spiro atoms. The topological polar surface area (TPSA) is 28.1 Å². The smallest absolute Gasteiger partial charge is 0.151 e. The van der Waals surface area contributed by atoms with Crippen molar-refractivity contribution in [1.82, 2.24) is 0 Å². The average molecular weight is 392 g/mol. The van der Waals surface area contributed by atoms with Gasteiger partial charge in [0, 0.05) is 38.2 Å². The number of para-hydroxylation sites is 1. The van der Waals surface area contributed by atoms with Gasteiger partial charge >= 0.3 is 0 Å². The summed E-state index contributed by atoms with van der Waals surface area (Å²) in [6.45, 7) is 2.69. The molecule has 1 atom stereocenters.